The molecule has 13 heteroatoms. The predicted molar refractivity (Wildman–Crippen MR) is 186 cm³/mol. The number of nitrogens with zero attached hydrogens (tertiary/aromatic N) is 3. The van der Waals surface area contributed by atoms with E-state index < -0.39 is 29.0 Å². The van der Waals surface area contributed by atoms with E-state index in [4.69, 9.17) is 4.74 Å². The lowest BCUT2D eigenvalue weighted by molar-refractivity contribution is 0.0985. The Morgan fingerprint density at radius 1 is 0.820 bits per heavy atom. The lowest BCUT2D eigenvalue weighted by Gasteiger charge is -2.23. The van der Waals surface area contributed by atoms with Gasteiger partial charge in [-0.05, 0) is 91.2 Å². The summed E-state index contributed by atoms with van der Waals surface area (Å²) in [5.41, 5.74) is 2.27. The van der Waals surface area contributed by atoms with Crippen LogP contribution >= 0.6 is 11.3 Å². The van der Waals surface area contributed by atoms with Crippen molar-refractivity contribution in [3.05, 3.63) is 124 Å². The Kier molecular flexibility index (Phi) is 9.33. The van der Waals surface area contributed by atoms with Crippen molar-refractivity contribution >= 4 is 51.9 Å². The summed E-state index contributed by atoms with van der Waals surface area (Å²) in [6, 6.07) is 18.9. The van der Waals surface area contributed by atoms with Gasteiger partial charge in [0.2, 0.25) is 0 Å². The SMILES string of the molecule is O=C(Nc1c(F)cccc1F)c1cc2c(s1)-c1ccc(F)cc1N(C(=O)c1ccc(NC(=O)c3cccnc3N3CCCOCC3)cc1)CC2. The molecule has 9 nitrogen and oxygen atoms in total. The van der Waals surface area contributed by atoms with Gasteiger partial charge in [0.15, 0.2) is 0 Å². The normalized spacial score (nSPS) is 14.2. The highest BCUT2D eigenvalue weighted by atomic mass is 32.1. The number of para-hydroxylation sites is 1. The predicted octanol–water partition coefficient (Wildman–Crippen LogP) is 7.16. The Labute approximate surface area is 289 Å². The lowest BCUT2D eigenvalue weighted by Crippen LogP contribution is -2.32. The number of thiophene rings is 1. The van der Waals surface area contributed by atoms with Crippen LogP contribution in [0.15, 0.2) is 85.1 Å². The number of carbonyl (C=O) groups excluding carboxylic acids is 3. The number of benzene rings is 3. The van der Waals surface area contributed by atoms with Gasteiger partial charge in [-0.15, -0.1) is 11.3 Å². The Morgan fingerprint density at radius 2 is 1.62 bits per heavy atom. The summed E-state index contributed by atoms with van der Waals surface area (Å²) in [7, 11) is 0. The molecule has 0 bridgehead atoms. The first-order chi connectivity index (χ1) is 24.3. The van der Waals surface area contributed by atoms with Crippen LogP contribution in [0.5, 0.6) is 0 Å². The van der Waals surface area contributed by atoms with Gasteiger partial charge < -0.3 is 25.2 Å². The molecular weight excluding hydrogens is 667 g/mol. The molecule has 2 aliphatic heterocycles. The second kappa shape index (κ2) is 14.1. The number of amides is 3. The summed E-state index contributed by atoms with van der Waals surface area (Å²) in [4.78, 5) is 49.1. The molecule has 0 saturated carbocycles. The number of anilines is 4. The van der Waals surface area contributed by atoms with E-state index in [0.717, 1.165) is 42.0 Å². The fraction of sp³-hybridized carbons (Fsp3) is 0.189. The molecule has 1 fully saturated rings. The van der Waals surface area contributed by atoms with Crippen molar-refractivity contribution in [2.24, 2.45) is 0 Å². The van der Waals surface area contributed by atoms with E-state index in [0.29, 0.717) is 64.9 Å². The van der Waals surface area contributed by atoms with Gasteiger partial charge in [0.25, 0.3) is 17.7 Å². The minimum Gasteiger partial charge on any atom is -0.380 e. The molecule has 254 valence electrons. The quantitative estimate of drug-likeness (QED) is 0.195. The summed E-state index contributed by atoms with van der Waals surface area (Å²) in [6.07, 6.45) is 2.81. The van der Waals surface area contributed by atoms with Crippen LogP contribution in [-0.2, 0) is 11.2 Å². The lowest BCUT2D eigenvalue weighted by atomic mass is 10.1. The van der Waals surface area contributed by atoms with E-state index in [1.54, 1.807) is 54.7 Å². The molecule has 0 aliphatic carbocycles. The number of rotatable bonds is 6. The molecular formula is C37H30F3N5O4S. The van der Waals surface area contributed by atoms with Crippen LogP contribution in [0.1, 0.15) is 42.4 Å². The highest BCUT2D eigenvalue weighted by Gasteiger charge is 2.29. The maximum absolute atomic E-state index is 14.7. The third-order valence-corrected chi connectivity index (χ3v) is 9.73. The summed E-state index contributed by atoms with van der Waals surface area (Å²) < 4.78 is 48.6. The number of carbonyl (C=O) groups is 3. The molecule has 0 atom stereocenters. The Morgan fingerprint density at radius 3 is 2.42 bits per heavy atom. The summed E-state index contributed by atoms with van der Waals surface area (Å²) >= 11 is 1.09. The van der Waals surface area contributed by atoms with Gasteiger partial charge in [0, 0.05) is 54.1 Å². The monoisotopic (exact) mass is 697 g/mol. The van der Waals surface area contributed by atoms with Gasteiger partial charge in [-0.1, -0.05) is 6.07 Å². The molecule has 2 aliphatic rings. The fourth-order valence-corrected chi connectivity index (χ4v) is 7.20. The molecule has 4 heterocycles. The van der Waals surface area contributed by atoms with Crippen molar-refractivity contribution in [2.45, 2.75) is 12.8 Å². The van der Waals surface area contributed by atoms with Crippen LogP contribution in [0.4, 0.5) is 36.1 Å². The Hall–Kier alpha value is -5.53. The molecule has 1 saturated heterocycles. The third-order valence-electron chi connectivity index (χ3n) is 8.52. The van der Waals surface area contributed by atoms with E-state index in [-0.39, 0.29) is 23.2 Å². The maximum atomic E-state index is 14.7. The molecule has 2 N–H and O–H groups in total. The van der Waals surface area contributed by atoms with Crippen LogP contribution in [0, 0.1) is 17.5 Å². The van der Waals surface area contributed by atoms with Crippen molar-refractivity contribution < 1.29 is 32.3 Å². The van der Waals surface area contributed by atoms with Crippen LogP contribution < -0.4 is 20.4 Å². The van der Waals surface area contributed by atoms with Crippen molar-refractivity contribution in [2.75, 3.05) is 53.3 Å². The Bertz CT molecular complexity index is 2080. The first-order valence-electron chi connectivity index (χ1n) is 16.0. The van der Waals surface area contributed by atoms with Gasteiger partial charge in [0.05, 0.1) is 22.7 Å². The highest BCUT2D eigenvalue weighted by Crippen LogP contribution is 2.42. The number of hydrogen-bond acceptors (Lipinski definition) is 7. The average Bonchev–Trinajstić information content (AvgIpc) is 3.27. The topological polar surface area (TPSA) is 104 Å². The molecule has 3 aromatic carbocycles. The molecule has 0 spiro atoms. The van der Waals surface area contributed by atoms with Crippen molar-refractivity contribution in [3.8, 4) is 10.4 Å². The second-order valence-electron chi connectivity index (χ2n) is 11.7. The van der Waals surface area contributed by atoms with Crippen LogP contribution in [0.2, 0.25) is 0 Å². The molecule has 5 aromatic rings. The highest BCUT2D eigenvalue weighted by molar-refractivity contribution is 7.17. The van der Waals surface area contributed by atoms with E-state index in [9.17, 15) is 27.6 Å². The third kappa shape index (κ3) is 6.69. The van der Waals surface area contributed by atoms with Crippen LogP contribution in [0.25, 0.3) is 10.4 Å². The second-order valence-corrected chi connectivity index (χ2v) is 12.8. The number of aromatic nitrogens is 1. The van der Waals surface area contributed by atoms with E-state index in [2.05, 4.69) is 15.6 Å². The summed E-state index contributed by atoms with van der Waals surface area (Å²) in [6.45, 7) is 2.72. The minimum atomic E-state index is -0.899. The number of fused-ring (bicyclic) bond motifs is 3. The van der Waals surface area contributed by atoms with Gasteiger partial charge in [0.1, 0.15) is 29.0 Å². The molecule has 2 aromatic heterocycles. The first-order valence-corrected chi connectivity index (χ1v) is 16.8. The van der Waals surface area contributed by atoms with E-state index in [1.165, 1.54) is 23.1 Å². The molecule has 7 rings (SSSR count). The number of hydrogen-bond donors (Lipinski definition) is 2. The van der Waals surface area contributed by atoms with Gasteiger partial charge in [-0.2, -0.15) is 0 Å². The average molecular weight is 698 g/mol. The van der Waals surface area contributed by atoms with Crippen molar-refractivity contribution in [1.82, 2.24) is 4.98 Å². The van der Waals surface area contributed by atoms with Crippen molar-refractivity contribution in [3.63, 3.8) is 0 Å². The van der Waals surface area contributed by atoms with Crippen LogP contribution in [0.3, 0.4) is 0 Å². The fourth-order valence-electron chi connectivity index (χ4n) is 6.06. The number of halogens is 3. The van der Waals surface area contributed by atoms with Gasteiger partial charge in [-0.3, -0.25) is 14.4 Å². The van der Waals surface area contributed by atoms with E-state index >= 15 is 0 Å². The van der Waals surface area contributed by atoms with Gasteiger partial charge >= 0.3 is 0 Å². The maximum Gasteiger partial charge on any atom is 0.265 e. The smallest absolute Gasteiger partial charge is 0.265 e. The standard InChI is InChI=1S/C37H30F3N5O4S/c38-24-9-12-26-30(21-24)45(16-13-23-20-31(50-33(23)26)36(47)43-32-28(39)5-1-6-29(32)40)37(48)22-7-10-25(11-8-22)42-35(46)27-4-2-14-41-34(27)44-15-3-18-49-19-17-44/h1-2,4-12,14,20-21H,3,13,15-19H2,(H,42,46)(H,43,47). The minimum absolute atomic E-state index is 0.172. The van der Waals surface area contributed by atoms with Crippen LogP contribution in [-0.4, -0.2) is 55.6 Å². The zero-order chi connectivity index (χ0) is 34.8. The van der Waals surface area contributed by atoms with E-state index in [1.807, 2.05) is 4.90 Å². The molecule has 0 radical (unpaired) electrons. The number of pyridine rings is 1. The summed E-state index contributed by atoms with van der Waals surface area (Å²) in [5, 5.41) is 5.20. The molecule has 3 amide bonds. The summed E-state index contributed by atoms with van der Waals surface area (Å²) in [5.74, 6) is -3.17. The zero-order valence-corrected chi connectivity index (χ0v) is 27.4. The molecule has 0 unspecified atom stereocenters. The molecule has 50 heavy (non-hydrogen) atoms. The Balaban J connectivity index is 1.10. The number of nitrogens with one attached hydrogen (secondary N) is 2. The van der Waals surface area contributed by atoms with Gasteiger partial charge in [-0.25, -0.2) is 18.2 Å². The number of ether oxygens (including phenoxy) is 1. The largest absolute Gasteiger partial charge is 0.380 e. The first kappa shape index (κ1) is 33.0. The van der Waals surface area contributed by atoms with Crippen molar-refractivity contribution in [1.29, 1.82) is 0 Å². The zero-order valence-electron chi connectivity index (χ0n) is 26.5.